The van der Waals surface area contributed by atoms with Crippen molar-refractivity contribution in [3.05, 3.63) is 71.0 Å². The van der Waals surface area contributed by atoms with Crippen LogP contribution in [0.25, 0.3) is 0 Å². The molecule has 2 rings (SSSR count). The van der Waals surface area contributed by atoms with Gasteiger partial charge in [-0.1, -0.05) is 30.3 Å². The summed E-state index contributed by atoms with van der Waals surface area (Å²) in [6.07, 6.45) is -1.37. The number of hydrogen-bond donors (Lipinski definition) is 1. The van der Waals surface area contributed by atoms with Crippen LogP contribution >= 0.6 is 0 Å². The van der Waals surface area contributed by atoms with Crippen molar-refractivity contribution in [2.24, 2.45) is 0 Å². The van der Waals surface area contributed by atoms with Crippen molar-refractivity contribution in [3.63, 3.8) is 0 Å². The average molecular weight is 309 g/mol. The zero-order valence-electron chi connectivity index (χ0n) is 11.8. The van der Waals surface area contributed by atoms with Crippen molar-refractivity contribution in [3.8, 4) is 0 Å². The molecule has 1 atom stereocenters. The summed E-state index contributed by atoms with van der Waals surface area (Å²) in [6.45, 7) is -0.156. The summed E-state index contributed by atoms with van der Waals surface area (Å²) in [5, 5.41) is 9.99. The normalized spacial score (nSPS) is 12.0. The fourth-order valence-electron chi connectivity index (χ4n) is 2.04. The van der Waals surface area contributed by atoms with Crippen LogP contribution in [0.4, 0.5) is 13.2 Å². The van der Waals surface area contributed by atoms with Gasteiger partial charge in [-0.25, -0.2) is 13.2 Å². The Bertz CT molecular complexity index is 653. The molecule has 0 aliphatic heterocycles. The number of nitrogens with zero attached hydrogens (tertiary/aromatic N) is 1. The number of carbonyl (C=O) groups excluding carboxylic acids is 1. The smallest absolute Gasteiger partial charge is 0.256 e. The Morgan fingerprint density at radius 2 is 1.68 bits per heavy atom. The lowest BCUT2D eigenvalue weighted by atomic mass is 10.1. The lowest BCUT2D eigenvalue weighted by Gasteiger charge is -2.21. The lowest BCUT2D eigenvalue weighted by molar-refractivity contribution is -0.139. The maximum atomic E-state index is 13.1. The van der Waals surface area contributed by atoms with E-state index in [2.05, 4.69) is 0 Å². The molecule has 0 saturated heterocycles. The molecule has 0 aromatic heterocycles. The molecule has 0 bridgehead atoms. The Morgan fingerprint density at radius 1 is 1.14 bits per heavy atom. The van der Waals surface area contributed by atoms with E-state index in [9.17, 15) is 23.1 Å². The van der Waals surface area contributed by atoms with E-state index in [1.54, 1.807) is 30.3 Å². The molecule has 3 nitrogen and oxygen atoms in total. The number of aliphatic hydroxyl groups is 1. The molecule has 1 amide bonds. The van der Waals surface area contributed by atoms with Gasteiger partial charge in [-0.3, -0.25) is 4.79 Å². The first-order valence-electron chi connectivity index (χ1n) is 6.51. The molecule has 2 aromatic carbocycles. The summed E-state index contributed by atoms with van der Waals surface area (Å²) >= 11 is 0. The van der Waals surface area contributed by atoms with Crippen molar-refractivity contribution in [2.45, 2.75) is 12.6 Å². The second kappa shape index (κ2) is 6.62. The first kappa shape index (κ1) is 16.0. The highest BCUT2D eigenvalue weighted by molar-refractivity contribution is 5.81. The maximum absolute atomic E-state index is 13.1. The second-order valence-electron chi connectivity index (χ2n) is 4.88. The number of hydrogen-bond acceptors (Lipinski definition) is 2. The molecule has 1 N–H and O–H groups in total. The molecule has 0 saturated carbocycles. The van der Waals surface area contributed by atoms with Gasteiger partial charge in [0.05, 0.1) is 0 Å². The largest absolute Gasteiger partial charge is 0.378 e. The molecule has 0 fully saturated rings. The van der Waals surface area contributed by atoms with Gasteiger partial charge in [0.1, 0.15) is 0 Å². The quantitative estimate of drug-likeness (QED) is 0.882. The minimum absolute atomic E-state index is 0.0903. The van der Waals surface area contributed by atoms with Crippen LogP contribution in [0.2, 0.25) is 0 Å². The highest BCUT2D eigenvalue weighted by atomic mass is 19.2. The number of amides is 1. The van der Waals surface area contributed by atoms with E-state index in [4.69, 9.17) is 0 Å². The summed E-state index contributed by atoms with van der Waals surface area (Å²) in [4.78, 5) is 13.2. The van der Waals surface area contributed by atoms with Crippen molar-refractivity contribution >= 4 is 5.91 Å². The fourth-order valence-corrected chi connectivity index (χ4v) is 2.04. The highest BCUT2D eigenvalue weighted by Gasteiger charge is 2.22. The first-order chi connectivity index (χ1) is 10.4. The predicted molar refractivity (Wildman–Crippen MR) is 74.2 cm³/mol. The van der Waals surface area contributed by atoms with Crippen LogP contribution in [-0.2, 0) is 11.3 Å². The minimum Gasteiger partial charge on any atom is -0.378 e. The Labute approximate surface area is 125 Å². The van der Waals surface area contributed by atoms with Crippen LogP contribution in [0.3, 0.4) is 0 Å². The Kier molecular flexibility index (Phi) is 4.82. The van der Waals surface area contributed by atoms with Crippen LogP contribution in [-0.4, -0.2) is 23.0 Å². The summed E-state index contributed by atoms with van der Waals surface area (Å²) in [5.41, 5.74) is 0.503. The Morgan fingerprint density at radius 3 is 2.23 bits per heavy atom. The number of halogens is 3. The number of benzene rings is 2. The molecular weight excluding hydrogens is 295 g/mol. The topological polar surface area (TPSA) is 40.5 Å². The van der Waals surface area contributed by atoms with Crippen LogP contribution < -0.4 is 0 Å². The SMILES string of the molecule is CN(Cc1cc(F)c(F)c(F)c1)C(=O)C(O)c1ccccc1. The van der Waals surface area contributed by atoms with E-state index in [0.717, 1.165) is 17.0 Å². The standard InChI is InChI=1S/C16H14F3NO2/c1-20(9-10-7-12(17)14(19)13(18)8-10)16(22)15(21)11-5-3-2-4-6-11/h2-8,15,21H,9H2,1H3. The van der Waals surface area contributed by atoms with E-state index in [1.807, 2.05) is 0 Å². The molecule has 6 heteroatoms. The molecule has 0 aliphatic carbocycles. The summed E-state index contributed by atoms with van der Waals surface area (Å²) in [7, 11) is 1.38. The molecule has 0 heterocycles. The fraction of sp³-hybridized carbons (Fsp3) is 0.188. The third-order valence-corrected chi connectivity index (χ3v) is 3.19. The van der Waals surface area contributed by atoms with Crippen LogP contribution in [0.5, 0.6) is 0 Å². The molecule has 0 radical (unpaired) electrons. The highest BCUT2D eigenvalue weighted by Crippen LogP contribution is 2.18. The van der Waals surface area contributed by atoms with E-state index in [0.29, 0.717) is 5.56 Å². The summed E-state index contributed by atoms with van der Waals surface area (Å²) in [6, 6.07) is 9.91. The molecule has 22 heavy (non-hydrogen) atoms. The van der Waals surface area contributed by atoms with Crippen molar-refractivity contribution in [1.29, 1.82) is 0 Å². The minimum atomic E-state index is -1.55. The van der Waals surface area contributed by atoms with E-state index in [1.165, 1.54) is 7.05 Å². The van der Waals surface area contributed by atoms with Gasteiger partial charge in [0.2, 0.25) is 0 Å². The van der Waals surface area contributed by atoms with Crippen molar-refractivity contribution < 1.29 is 23.1 Å². The number of aliphatic hydroxyl groups excluding tert-OH is 1. The van der Waals surface area contributed by atoms with Gasteiger partial charge in [-0.15, -0.1) is 0 Å². The van der Waals surface area contributed by atoms with Crippen molar-refractivity contribution in [1.82, 2.24) is 4.90 Å². The van der Waals surface area contributed by atoms with Gasteiger partial charge < -0.3 is 10.0 Å². The van der Waals surface area contributed by atoms with Gasteiger partial charge >= 0.3 is 0 Å². The van der Waals surface area contributed by atoms with Gasteiger partial charge in [0.25, 0.3) is 5.91 Å². The first-order valence-corrected chi connectivity index (χ1v) is 6.51. The molecule has 116 valence electrons. The summed E-state index contributed by atoms with van der Waals surface area (Å²) < 4.78 is 39.2. The monoisotopic (exact) mass is 309 g/mol. The third-order valence-electron chi connectivity index (χ3n) is 3.19. The number of rotatable bonds is 4. The average Bonchev–Trinajstić information content (AvgIpc) is 2.51. The van der Waals surface area contributed by atoms with Crippen LogP contribution in [0.15, 0.2) is 42.5 Å². The molecule has 1 unspecified atom stereocenters. The second-order valence-corrected chi connectivity index (χ2v) is 4.88. The van der Waals surface area contributed by atoms with Gasteiger partial charge in [0, 0.05) is 13.6 Å². The van der Waals surface area contributed by atoms with Crippen molar-refractivity contribution in [2.75, 3.05) is 7.05 Å². The Balaban J connectivity index is 2.12. The number of carbonyl (C=O) groups is 1. The maximum Gasteiger partial charge on any atom is 0.256 e. The summed E-state index contributed by atoms with van der Waals surface area (Å²) in [5.74, 6) is -4.82. The third kappa shape index (κ3) is 3.46. The lowest BCUT2D eigenvalue weighted by Crippen LogP contribution is -2.31. The number of likely N-dealkylation sites (N-methyl/N-ethyl adjacent to an activating group) is 1. The van der Waals surface area contributed by atoms with Crippen LogP contribution in [0.1, 0.15) is 17.2 Å². The van der Waals surface area contributed by atoms with E-state index in [-0.39, 0.29) is 12.1 Å². The van der Waals surface area contributed by atoms with Gasteiger partial charge in [0.15, 0.2) is 23.6 Å². The zero-order chi connectivity index (χ0) is 16.3. The molecule has 0 spiro atoms. The predicted octanol–water partition coefficient (Wildman–Crippen LogP) is 2.80. The van der Waals surface area contributed by atoms with E-state index < -0.39 is 29.5 Å². The molecular formula is C16H14F3NO2. The molecule has 2 aromatic rings. The van der Waals surface area contributed by atoms with E-state index >= 15 is 0 Å². The zero-order valence-corrected chi connectivity index (χ0v) is 11.8. The van der Waals surface area contributed by atoms with Crippen LogP contribution in [0, 0.1) is 17.5 Å². The molecule has 0 aliphatic rings. The Hall–Kier alpha value is -2.34. The van der Waals surface area contributed by atoms with Gasteiger partial charge in [-0.05, 0) is 23.3 Å². The van der Waals surface area contributed by atoms with Gasteiger partial charge in [-0.2, -0.15) is 0 Å².